The summed E-state index contributed by atoms with van der Waals surface area (Å²) in [6.07, 6.45) is 0. The number of nitrogens with one attached hydrogen (secondary N) is 1. The van der Waals surface area contributed by atoms with E-state index in [1.165, 1.54) is 7.11 Å². The van der Waals surface area contributed by atoms with E-state index in [1.807, 2.05) is 26.0 Å². The Morgan fingerprint density at radius 3 is 2.65 bits per heavy atom. The molecule has 0 aliphatic carbocycles. The first-order valence-corrected chi connectivity index (χ1v) is 6.32. The van der Waals surface area contributed by atoms with Gasteiger partial charge in [-0.2, -0.15) is 0 Å². The maximum atomic E-state index is 11.4. The monoisotopic (exact) mass is 274 g/mol. The van der Waals surface area contributed by atoms with Crippen LogP contribution in [0.15, 0.2) is 34.7 Å². The van der Waals surface area contributed by atoms with Gasteiger partial charge in [0.05, 0.1) is 30.1 Å². The zero-order valence-electron chi connectivity index (χ0n) is 11.8. The molecule has 2 rings (SSSR count). The first kappa shape index (κ1) is 14.0. The highest BCUT2D eigenvalue weighted by atomic mass is 16.5. The number of ether oxygens (including phenoxy) is 1. The lowest BCUT2D eigenvalue weighted by atomic mass is 10.1. The third kappa shape index (κ3) is 2.93. The van der Waals surface area contributed by atoms with Crippen LogP contribution in [0.3, 0.4) is 0 Å². The van der Waals surface area contributed by atoms with Crippen LogP contribution >= 0.6 is 0 Å². The standard InChI is InChI=1S/C15H18N2O3/c1-9-4-7-14(20-9)10(2)17-13-6-5-11(8-12(13)16)15(18)19-3/h4-8,10,17H,16H2,1-3H3. The molecule has 3 N–H and O–H groups in total. The summed E-state index contributed by atoms with van der Waals surface area (Å²) in [5.41, 5.74) is 7.61. The first-order valence-electron chi connectivity index (χ1n) is 6.32. The van der Waals surface area contributed by atoms with Crippen LogP contribution in [0.2, 0.25) is 0 Å². The van der Waals surface area contributed by atoms with Crippen molar-refractivity contribution in [2.75, 3.05) is 18.2 Å². The fourth-order valence-corrected chi connectivity index (χ4v) is 1.93. The van der Waals surface area contributed by atoms with E-state index in [0.717, 1.165) is 17.2 Å². The van der Waals surface area contributed by atoms with Crippen LogP contribution in [0.4, 0.5) is 11.4 Å². The van der Waals surface area contributed by atoms with E-state index < -0.39 is 5.97 Å². The van der Waals surface area contributed by atoms with Gasteiger partial charge in [0, 0.05) is 0 Å². The van der Waals surface area contributed by atoms with Crippen molar-refractivity contribution >= 4 is 17.3 Å². The molecule has 1 unspecified atom stereocenters. The number of carbonyl (C=O) groups is 1. The van der Waals surface area contributed by atoms with Gasteiger partial charge in [-0.25, -0.2) is 4.79 Å². The van der Waals surface area contributed by atoms with Gasteiger partial charge in [0.2, 0.25) is 0 Å². The third-order valence-corrected chi connectivity index (χ3v) is 3.03. The van der Waals surface area contributed by atoms with Gasteiger partial charge < -0.3 is 20.2 Å². The van der Waals surface area contributed by atoms with Gasteiger partial charge in [-0.05, 0) is 44.2 Å². The molecule has 0 aliphatic rings. The van der Waals surface area contributed by atoms with Crippen LogP contribution in [-0.4, -0.2) is 13.1 Å². The molecule has 0 spiro atoms. The molecule has 0 saturated heterocycles. The Balaban J connectivity index is 2.15. The number of hydrogen-bond acceptors (Lipinski definition) is 5. The van der Waals surface area contributed by atoms with E-state index in [0.29, 0.717) is 11.3 Å². The molecular formula is C15H18N2O3. The van der Waals surface area contributed by atoms with Crippen molar-refractivity contribution in [2.24, 2.45) is 0 Å². The van der Waals surface area contributed by atoms with Crippen molar-refractivity contribution in [1.29, 1.82) is 0 Å². The minimum atomic E-state index is -0.405. The van der Waals surface area contributed by atoms with Gasteiger partial charge >= 0.3 is 5.97 Å². The average Bonchev–Trinajstić information content (AvgIpc) is 2.86. The van der Waals surface area contributed by atoms with Crippen LogP contribution in [0.5, 0.6) is 0 Å². The van der Waals surface area contributed by atoms with E-state index in [4.69, 9.17) is 10.2 Å². The Morgan fingerprint density at radius 1 is 1.35 bits per heavy atom. The molecular weight excluding hydrogens is 256 g/mol. The molecule has 106 valence electrons. The second kappa shape index (κ2) is 5.69. The second-order valence-electron chi connectivity index (χ2n) is 4.61. The SMILES string of the molecule is COC(=O)c1ccc(NC(C)c2ccc(C)o2)c(N)c1. The molecule has 2 aromatic rings. The first-order chi connectivity index (χ1) is 9.51. The van der Waals surface area contributed by atoms with Gasteiger partial charge in [-0.1, -0.05) is 0 Å². The third-order valence-electron chi connectivity index (χ3n) is 3.03. The molecule has 5 nitrogen and oxygen atoms in total. The van der Waals surface area contributed by atoms with E-state index in [9.17, 15) is 4.79 Å². The largest absolute Gasteiger partial charge is 0.465 e. The summed E-state index contributed by atoms with van der Waals surface area (Å²) >= 11 is 0. The predicted molar refractivity (Wildman–Crippen MR) is 77.7 cm³/mol. The summed E-state index contributed by atoms with van der Waals surface area (Å²) in [4.78, 5) is 11.4. The number of methoxy groups -OCH3 is 1. The fraction of sp³-hybridized carbons (Fsp3) is 0.267. The maximum Gasteiger partial charge on any atom is 0.337 e. The molecule has 5 heteroatoms. The molecule has 0 aliphatic heterocycles. The van der Waals surface area contributed by atoms with E-state index in [1.54, 1.807) is 18.2 Å². The summed E-state index contributed by atoms with van der Waals surface area (Å²) in [5, 5.41) is 3.25. The number of nitrogen functional groups attached to an aromatic ring is 1. The van der Waals surface area contributed by atoms with E-state index in [-0.39, 0.29) is 6.04 Å². The molecule has 1 atom stereocenters. The fourth-order valence-electron chi connectivity index (χ4n) is 1.93. The zero-order valence-corrected chi connectivity index (χ0v) is 11.8. The van der Waals surface area contributed by atoms with Gasteiger partial charge in [0.15, 0.2) is 0 Å². The molecule has 0 fully saturated rings. The lowest BCUT2D eigenvalue weighted by molar-refractivity contribution is 0.0601. The van der Waals surface area contributed by atoms with Crippen molar-refractivity contribution in [1.82, 2.24) is 0 Å². The zero-order chi connectivity index (χ0) is 14.7. The summed E-state index contributed by atoms with van der Waals surface area (Å²) in [7, 11) is 1.34. The lowest BCUT2D eigenvalue weighted by Gasteiger charge is -2.15. The Hall–Kier alpha value is -2.43. The van der Waals surface area contributed by atoms with Crippen LogP contribution in [0.25, 0.3) is 0 Å². The van der Waals surface area contributed by atoms with Crippen LogP contribution in [0, 0.1) is 6.92 Å². The molecule has 1 heterocycles. The number of anilines is 2. The molecule has 0 saturated carbocycles. The van der Waals surface area contributed by atoms with Crippen molar-refractivity contribution in [3.05, 3.63) is 47.4 Å². The van der Waals surface area contributed by atoms with E-state index in [2.05, 4.69) is 10.1 Å². The minimum absolute atomic E-state index is 0.0185. The molecule has 0 bridgehead atoms. The van der Waals surface area contributed by atoms with Crippen LogP contribution in [-0.2, 0) is 4.74 Å². The van der Waals surface area contributed by atoms with Crippen LogP contribution < -0.4 is 11.1 Å². The maximum absolute atomic E-state index is 11.4. The lowest BCUT2D eigenvalue weighted by Crippen LogP contribution is -2.09. The number of rotatable bonds is 4. The van der Waals surface area contributed by atoms with E-state index >= 15 is 0 Å². The van der Waals surface area contributed by atoms with Gasteiger partial charge in [0.1, 0.15) is 11.5 Å². The highest BCUT2D eigenvalue weighted by Gasteiger charge is 2.12. The van der Waals surface area contributed by atoms with Crippen LogP contribution in [0.1, 0.15) is 34.8 Å². The number of carbonyl (C=O) groups excluding carboxylic acids is 1. The van der Waals surface area contributed by atoms with Gasteiger partial charge in [-0.3, -0.25) is 0 Å². The number of aryl methyl sites for hydroxylation is 1. The summed E-state index contributed by atoms with van der Waals surface area (Å²) < 4.78 is 10.2. The Bertz CT molecular complexity index is 619. The number of esters is 1. The Morgan fingerprint density at radius 2 is 2.10 bits per heavy atom. The smallest absolute Gasteiger partial charge is 0.337 e. The second-order valence-corrected chi connectivity index (χ2v) is 4.61. The molecule has 1 aromatic carbocycles. The summed E-state index contributed by atoms with van der Waals surface area (Å²) in [5.74, 6) is 1.29. The molecule has 0 amide bonds. The van der Waals surface area contributed by atoms with Crippen molar-refractivity contribution in [3.8, 4) is 0 Å². The van der Waals surface area contributed by atoms with Crippen molar-refractivity contribution < 1.29 is 13.9 Å². The topological polar surface area (TPSA) is 77.5 Å². The highest BCUT2D eigenvalue weighted by molar-refractivity contribution is 5.91. The number of nitrogens with two attached hydrogens (primary N) is 1. The van der Waals surface area contributed by atoms with Gasteiger partial charge in [-0.15, -0.1) is 0 Å². The normalized spacial score (nSPS) is 11.9. The Labute approximate surface area is 117 Å². The number of furan rings is 1. The minimum Gasteiger partial charge on any atom is -0.465 e. The molecule has 1 aromatic heterocycles. The molecule has 0 radical (unpaired) electrons. The highest BCUT2D eigenvalue weighted by Crippen LogP contribution is 2.26. The average molecular weight is 274 g/mol. The van der Waals surface area contributed by atoms with Gasteiger partial charge in [0.25, 0.3) is 0 Å². The summed E-state index contributed by atoms with van der Waals surface area (Å²) in [6.45, 7) is 3.88. The number of hydrogen-bond donors (Lipinski definition) is 2. The van der Waals surface area contributed by atoms with Crippen molar-refractivity contribution in [2.45, 2.75) is 19.9 Å². The Kier molecular flexibility index (Phi) is 3.98. The predicted octanol–water partition coefficient (Wildman–Crippen LogP) is 3.13. The molecule has 20 heavy (non-hydrogen) atoms. The summed E-state index contributed by atoms with van der Waals surface area (Å²) in [6, 6.07) is 8.84. The number of benzene rings is 1. The van der Waals surface area contributed by atoms with Crippen molar-refractivity contribution in [3.63, 3.8) is 0 Å². The quantitative estimate of drug-likeness (QED) is 0.661.